The maximum Gasteiger partial charge on any atom is 0.186 e. The van der Waals surface area contributed by atoms with Gasteiger partial charge in [0.15, 0.2) is 10.1 Å². The zero-order valence-corrected chi connectivity index (χ0v) is 13.2. The highest BCUT2D eigenvalue weighted by Gasteiger charge is 2.03. The molecule has 3 aromatic rings. The summed E-state index contributed by atoms with van der Waals surface area (Å²) in [6.45, 7) is 0. The van der Waals surface area contributed by atoms with Crippen molar-refractivity contribution in [3.05, 3.63) is 70.6 Å². The number of allylic oxidation sites excluding steroid dienone is 1. The molecule has 0 amide bonds. The number of rotatable bonds is 4. The van der Waals surface area contributed by atoms with Gasteiger partial charge in [-0.25, -0.2) is 4.98 Å². The molecule has 0 aliphatic heterocycles. The number of aromatic nitrogens is 1. The van der Waals surface area contributed by atoms with Gasteiger partial charge in [0.25, 0.3) is 0 Å². The fraction of sp³-hybridized carbons (Fsp3) is 0. The van der Waals surface area contributed by atoms with Crippen molar-refractivity contribution >= 4 is 50.7 Å². The van der Waals surface area contributed by atoms with Gasteiger partial charge in [0.2, 0.25) is 0 Å². The minimum atomic E-state index is -0.0414. The zero-order chi connectivity index (χ0) is 14.7. The van der Waals surface area contributed by atoms with Crippen LogP contribution in [0.2, 0.25) is 5.02 Å². The predicted octanol–water partition coefficient (Wildman–Crippen LogP) is 5.44. The van der Waals surface area contributed by atoms with Gasteiger partial charge in [-0.1, -0.05) is 35.5 Å². The van der Waals surface area contributed by atoms with E-state index in [9.17, 15) is 4.79 Å². The molecule has 2 aromatic carbocycles. The first-order valence-corrected chi connectivity index (χ1v) is 8.28. The Hall–Kier alpha value is -1.62. The molecule has 0 aliphatic carbocycles. The van der Waals surface area contributed by atoms with Crippen molar-refractivity contribution in [3.63, 3.8) is 0 Å². The molecule has 1 heterocycles. The molecule has 0 saturated carbocycles. The molecule has 0 aliphatic rings. The lowest BCUT2D eigenvalue weighted by molar-refractivity contribution is 0.104. The van der Waals surface area contributed by atoms with Gasteiger partial charge in [-0.15, -0.1) is 11.3 Å². The van der Waals surface area contributed by atoms with Gasteiger partial charge in [0, 0.05) is 10.6 Å². The summed E-state index contributed by atoms with van der Waals surface area (Å²) < 4.78 is 2.08. The van der Waals surface area contributed by atoms with Crippen molar-refractivity contribution in [1.82, 2.24) is 4.98 Å². The number of nitrogens with zero attached hydrogens (tertiary/aromatic N) is 1. The molecule has 5 heteroatoms. The van der Waals surface area contributed by atoms with Gasteiger partial charge in [-0.2, -0.15) is 0 Å². The molecule has 0 N–H and O–H groups in total. The molecule has 21 heavy (non-hydrogen) atoms. The monoisotopic (exact) mass is 331 g/mol. The molecule has 0 atom stereocenters. The fourth-order valence-corrected chi connectivity index (χ4v) is 3.68. The van der Waals surface area contributed by atoms with E-state index >= 15 is 0 Å². The van der Waals surface area contributed by atoms with E-state index in [1.54, 1.807) is 47.1 Å². The predicted molar refractivity (Wildman–Crippen MR) is 90.4 cm³/mol. The average molecular weight is 332 g/mol. The Morgan fingerprint density at radius 1 is 1.14 bits per heavy atom. The summed E-state index contributed by atoms with van der Waals surface area (Å²) >= 11 is 8.87. The third-order valence-electron chi connectivity index (χ3n) is 2.79. The van der Waals surface area contributed by atoms with Gasteiger partial charge in [-0.05, 0) is 47.9 Å². The van der Waals surface area contributed by atoms with Crippen LogP contribution < -0.4 is 0 Å². The molecular weight excluding hydrogens is 322 g/mol. The quantitative estimate of drug-likeness (QED) is 0.362. The van der Waals surface area contributed by atoms with Crippen LogP contribution in [0, 0.1) is 0 Å². The lowest BCUT2D eigenvalue weighted by Crippen LogP contribution is -1.92. The first-order valence-electron chi connectivity index (χ1n) is 6.21. The molecule has 104 valence electrons. The molecule has 2 nitrogen and oxygen atoms in total. The van der Waals surface area contributed by atoms with E-state index < -0.39 is 0 Å². The number of fused-ring (bicyclic) bond motifs is 1. The highest BCUT2D eigenvalue weighted by molar-refractivity contribution is 8.03. The number of thioether (sulfide) groups is 1. The topological polar surface area (TPSA) is 30.0 Å². The van der Waals surface area contributed by atoms with E-state index in [1.807, 2.05) is 24.3 Å². The van der Waals surface area contributed by atoms with Crippen LogP contribution in [0.4, 0.5) is 0 Å². The van der Waals surface area contributed by atoms with Gasteiger partial charge in [0.1, 0.15) is 0 Å². The molecule has 0 spiro atoms. The second kappa shape index (κ2) is 6.43. The number of halogens is 1. The van der Waals surface area contributed by atoms with Gasteiger partial charge >= 0.3 is 0 Å². The van der Waals surface area contributed by atoms with Gasteiger partial charge < -0.3 is 0 Å². The highest BCUT2D eigenvalue weighted by atomic mass is 35.5. The molecule has 0 unspecified atom stereocenters. The standard InChI is InChI=1S/C16H10ClNOS2/c17-12-7-5-11(6-8-12)14(19)9-10-20-16-18-13-3-1-2-4-15(13)21-16/h1-10H. The van der Waals surface area contributed by atoms with Crippen LogP contribution in [0.15, 0.2) is 64.4 Å². The summed E-state index contributed by atoms with van der Waals surface area (Å²) in [5, 5.41) is 2.40. The third kappa shape index (κ3) is 3.53. The van der Waals surface area contributed by atoms with Crippen LogP contribution in [0.25, 0.3) is 10.2 Å². The van der Waals surface area contributed by atoms with Crippen LogP contribution >= 0.6 is 34.7 Å². The Bertz CT molecular complexity index is 776. The van der Waals surface area contributed by atoms with E-state index in [-0.39, 0.29) is 5.78 Å². The summed E-state index contributed by atoms with van der Waals surface area (Å²) in [5.41, 5.74) is 1.61. The van der Waals surface area contributed by atoms with E-state index in [0.29, 0.717) is 10.6 Å². The second-order valence-corrected chi connectivity index (χ2v) is 6.86. The van der Waals surface area contributed by atoms with Crippen molar-refractivity contribution < 1.29 is 4.79 Å². The first-order chi connectivity index (χ1) is 10.2. The Labute approximate surface area is 135 Å². The number of hydrogen-bond donors (Lipinski definition) is 0. The Balaban J connectivity index is 1.68. The number of carbonyl (C=O) groups excluding carboxylic acids is 1. The minimum Gasteiger partial charge on any atom is -0.289 e. The number of ketones is 1. The Morgan fingerprint density at radius 2 is 1.90 bits per heavy atom. The maximum atomic E-state index is 12.0. The molecule has 0 saturated heterocycles. The number of para-hydroxylation sites is 1. The van der Waals surface area contributed by atoms with Crippen molar-refractivity contribution in [3.8, 4) is 0 Å². The lowest BCUT2D eigenvalue weighted by Gasteiger charge is -1.95. The van der Waals surface area contributed by atoms with Crippen LogP contribution in [-0.4, -0.2) is 10.8 Å². The van der Waals surface area contributed by atoms with E-state index in [4.69, 9.17) is 11.6 Å². The van der Waals surface area contributed by atoms with Crippen LogP contribution in [0.5, 0.6) is 0 Å². The number of benzene rings is 2. The SMILES string of the molecule is O=C(C=CSc1nc2ccccc2s1)c1ccc(Cl)cc1. The molecule has 0 bridgehead atoms. The van der Waals surface area contributed by atoms with Gasteiger partial charge in [-0.3, -0.25) is 4.79 Å². The zero-order valence-electron chi connectivity index (χ0n) is 10.8. The third-order valence-corrected chi connectivity index (χ3v) is 4.98. The van der Waals surface area contributed by atoms with Crippen molar-refractivity contribution in [1.29, 1.82) is 0 Å². The summed E-state index contributed by atoms with van der Waals surface area (Å²) in [7, 11) is 0. The molecule has 0 radical (unpaired) electrons. The summed E-state index contributed by atoms with van der Waals surface area (Å²) in [5.74, 6) is -0.0414. The second-order valence-electron chi connectivity index (χ2n) is 4.24. The van der Waals surface area contributed by atoms with Crippen LogP contribution in [0.1, 0.15) is 10.4 Å². The maximum absolute atomic E-state index is 12.0. The smallest absolute Gasteiger partial charge is 0.186 e. The lowest BCUT2D eigenvalue weighted by atomic mass is 10.1. The molecule has 3 rings (SSSR count). The Morgan fingerprint density at radius 3 is 2.67 bits per heavy atom. The molecule has 1 aromatic heterocycles. The van der Waals surface area contributed by atoms with Crippen molar-refractivity contribution in [2.24, 2.45) is 0 Å². The summed E-state index contributed by atoms with van der Waals surface area (Å²) in [4.78, 5) is 16.5. The summed E-state index contributed by atoms with van der Waals surface area (Å²) in [6.07, 6.45) is 1.56. The summed E-state index contributed by atoms with van der Waals surface area (Å²) in [6, 6.07) is 14.9. The van der Waals surface area contributed by atoms with Crippen molar-refractivity contribution in [2.75, 3.05) is 0 Å². The van der Waals surface area contributed by atoms with E-state index in [2.05, 4.69) is 4.98 Å². The first kappa shape index (κ1) is 14.3. The normalized spacial score (nSPS) is 11.3. The molecular formula is C16H10ClNOS2. The number of thiazole rings is 1. The minimum absolute atomic E-state index is 0.0414. The van der Waals surface area contributed by atoms with Crippen LogP contribution in [-0.2, 0) is 0 Å². The Kier molecular flexibility index (Phi) is 4.39. The largest absolute Gasteiger partial charge is 0.289 e. The van der Waals surface area contributed by atoms with E-state index in [1.165, 1.54) is 11.8 Å². The fourth-order valence-electron chi connectivity index (χ4n) is 1.77. The van der Waals surface area contributed by atoms with Gasteiger partial charge in [0.05, 0.1) is 10.2 Å². The number of carbonyl (C=O) groups is 1. The van der Waals surface area contributed by atoms with E-state index in [0.717, 1.165) is 14.6 Å². The highest BCUT2D eigenvalue weighted by Crippen LogP contribution is 2.29. The number of hydrogen-bond acceptors (Lipinski definition) is 4. The van der Waals surface area contributed by atoms with Crippen LogP contribution in [0.3, 0.4) is 0 Å². The van der Waals surface area contributed by atoms with Crippen molar-refractivity contribution in [2.45, 2.75) is 4.34 Å². The average Bonchev–Trinajstić information content (AvgIpc) is 2.90. The molecule has 0 fully saturated rings.